The number of anilines is 1. The molecule has 1 fully saturated rings. The third-order valence-electron chi connectivity index (χ3n) is 6.95. The van der Waals surface area contributed by atoms with Gasteiger partial charge in [-0.15, -0.1) is 0 Å². The molecule has 1 saturated carbocycles. The standard InChI is InChI=1S/C28H31N3O7/c1-37-19-10-8-18(9-11-19)30-27(35)25(17-6-4-3-5-7-17)31(16-24(32)33)28(36)26(34)22-15-29-23-14-20(38-2)12-13-21(22)23/h8-15,17,25,29H,3-7,16H2,1-2H3,(H,30,35)(H,32,33)/t25-/m1/s1. The van der Waals surface area contributed by atoms with E-state index in [1.807, 2.05) is 0 Å². The molecule has 1 heterocycles. The number of carbonyl (C=O) groups excluding carboxylic acids is 3. The Morgan fingerprint density at radius 3 is 2.29 bits per heavy atom. The Kier molecular flexibility index (Phi) is 8.30. The molecule has 38 heavy (non-hydrogen) atoms. The van der Waals surface area contributed by atoms with E-state index in [0.717, 1.165) is 24.2 Å². The zero-order chi connectivity index (χ0) is 27.2. The molecule has 10 nitrogen and oxygen atoms in total. The number of carbonyl (C=O) groups is 4. The van der Waals surface area contributed by atoms with Crippen molar-refractivity contribution in [3.05, 3.63) is 54.2 Å². The number of carboxylic acids is 1. The Labute approximate surface area is 219 Å². The van der Waals surface area contributed by atoms with Gasteiger partial charge in [0.25, 0.3) is 11.7 Å². The van der Waals surface area contributed by atoms with E-state index < -0.39 is 36.2 Å². The molecule has 1 aliphatic rings. The van der Waals surface area contributed by atoms with Gasteiger partial charge in [-0.2, -0.15) is 0 Å². The van der Waals surface area contributed by atoms with Crippen LogP contribution in [0.4, 0.5) is 5.69 Å². The van der Waals surface area contributed by atoms with Gasteiger partial charge in [0.15, 0.2) is 0 Å². The highest BCUT2D eigenvalue weighted by Gasteiger charge is 2.40. The van der Waals surface area contributed by atoms with Crippen molar-refractivity contribution in [1.29, 1.82) is 0 Å². The second kappa shape index (κ2) is 11.8. The zero-order valence-corrected chi connectivity index (χ0v) is 21.4. The second-order valence-corrected chi connectivity index (χ2v) is 9.33. The lowest BCUT2D eigenvalue weighted by Gasteiger charge is -2.36. The van der Waals surface area contributed by atoms with E-state index in [1.165, 1.54) is 20.4 Å². The number of aromatic nitrogens is 1. The number of fused-ring (bicyclic) bond motifs is 1. The number of aliphatic carboxylic acids is 1. The first kappa shape index (κ1) is 26.7. The quantitative estimate of drug-likeness (QED) is 0.272. The summed E-state index contributed by atoms with van der Waals surface area (Å²) in [7, 11) is 3.05. The number of ketones is 1. The molecule has 0 saturated heterocycles. The van der Waals surface area contributed by atoms with E-state index in [9.17, 15) is 24.3 Å². The minimum Gasteiger partial charge on any atom is -0.497 e. The summed E-state index contributed by atoms with van der Waals surface area (Å²) in [5.74, 6) is -2.88. The van der Waals surface area contributed by atoms with Gasteiger partial charge in [-0.1, -0.05) is 19.3 Å². The number of nitrogens with zero attached hydrogens (tertiary/aromatic N) is 1. The van der Waals surface area contributed by atoms with E-state index in [4.69, 9.17) is 9.47 Å². The Hall–Kier alpha value is -4.34. The van der Waals surface area contributed by atoms with Gasteiger partial charge in [0.2, 0.25) is 5.91 Å². The van der Waals surface area contributed by atoms with Crippen LogP contribution in [0.5, 0.6) is 11.5 Å². The van der Waals surface area contributed by atoms with Crippen LogP contribution in [0.25, 0.3) is 10.9 Å². The van der Waals surface area contributed by atoms with E-state index in [2.05, 4.69) is 10.3 Å². The highest BCUT2D eigenvalue weighted by molar-refractivity contribution is 6.45. The predicted octanol–water partition coefficient (Wildman–Crippen LogP) is 3.87. The summed E-state index contributed by atoms with van der Waals surface area (Å²) >= 11 is 0. The molecule has 1 aromatic heterocycles. The summed E-state index contributed by atoms with van der Waals surface area (Å²) in [6.07, 6.45) is 5.40. The molecule has 0 radical (unpaired) electrons. The molecule has 0 aliphatic heterocycles. The smallest absolute Gasteiger partial charge is 0.323 e. The first-order chi connectivity index (χ1) is 18.3. The van der Waals surface area contributed by atoms with Crippen LogP contribution in [0.15, 0.2) is 48.7 Å². The number of Topliss-reactive ketones (excluding diaryl/α,β-unsaturated/α-hetero) is 1. The molecule has 3 aromatic rings. The number of methoxy groups -OCH3 is 2. The van der Waals surface area contributed by atoms with Crippen LogP contribution < -0.4 is 14.8 Å². The van der Waals surface area contributed by atoms with E-state index in [1.54, 1.807) is 42.5 Å². The van der Waals surface area contributed by atoms with Crippen molar-refractivity contribution >= 4 is 40.2 Å². The number of ether oxygens (including phenoxy) is 2. The molecule has 0 spiro atoms. The molecule has 1 atom stereocenters. The second-order valence-electron chi connectivity index (χ2n) is 9.33. The third-order valence-corrected chi connectivity index (χ3v) is 6.95. The Morgan fingerprint density at radius 2 is 1.66 bits per heavy atom. The maximum Gasteiger partial charge on any atom is 0.323 e. The minimum atomic E-state index is -1.31. The summed E-state index contributed by atoms with van der Waals surface area (Å²) in [6.45, 7) is -0.780. The fourth-order valence-corrected chi connectivity index (χ4v) is 5.06. The largest absolute Gasteiger partial charge is 0.497 e. The molecule has 0 bridgehead atoms. The first-order valence-electron chi connectivity index (χ1n) is 12.5. The van der Waals surface area contributed by atoms with Gasteiger partial charge in [0.1, 0.15) is 24.1 Å². The van der Waals surface area contributed by atoms with Crippen LogP contribution >= 0.6 is 0 Å². The van der Waals surface area contributed by atoms with Crippen LogP contribution in [0.1, 0.15) is 42.5 Å². The number of aromatic amines is 1. The summed E-state index contributed by atoms with van der Waals surface area (Å²) in [5.41, 5.74) is 1.16. The van der Waals surface area contributed by atoms with Gasteiger partial charge in [0, 0.05) is 28.9 Å². The van der Waals surface area contributed by atoms with Crippen LogP contribution in [0, 0.1) is 5.92 Å². The molecule has 2 amide bonds. The Balaban J connectivity index is 1.67. The van der Waals surface area contributed by atoms with Crippen LogP contribution in [-0.2, 0) is 14.4 Å². The van der Waals surface area contributed by atoms with Crippen molar-refractivity contribution in [1.82, 2.24) is 9.88 Å². The van der Waals surface area contributed by atoms with Crippen LogP contribution in [0.3, 0.4) is 0 Å². The third kappa shape index (κ3) is 5.80. The lowest BCUT2D eigenvalue weighted by atomic mass is 9.82. The zero-order valence-electron chi connectivity index (χ0n) is 21.4. The van der Waals surface area contributed by atoms with Crippen molar-refractivity contribution in [2.45, 2.75) is 38.1 Å². The van der Waals surface area contributed by atoms with Crippen molar-refractivity contribution in [3.63, 3.8) is 0 Å². The highest BCUT2D eigenvalue weighted by atomic mass is 16.5. The molecule has 1 aliphatic carbocycles. The Bertz CT molecular complexity index is 1330. The van der Waals surface area contributed by atoms with Crippen molar-refractivity contribution in [2.75, 3.05) is 26.1 Å². The normalized spacial score (nSPS) is 14.5. The van der Waals surface area contributed by atoms with E-state index in [-0.39, 0.29) is 11.5 Å². The molecular formula is C28H31N3O7. The molecule has 200 valence electrons. The predicted molar refractivity (Wildman–Crippen MR) is 141 cm³/mol. The highest BCUT2D eigenvalue weighted by Crippen LogP contribution is 2.31. The maximum atomic E-state index is 13.6. The average molecular weight is 522 g/mol. The summed E-state index contributed by atoms with van der Waals surface area (Å²) in [4.78, 5) is 56.5. The van der Waals surface area contributed by atoms with Gasteiger partial charge in [-0.25, -0.2) is 0 Å². The number of carboxylic acid groups (broad SMARTS) is 1. The lowest BCUT2D eigenvalue weighted by Crippen LogP contribution is -2.55. The number of hydrogen-bond donors (Lipinski definition) is 3. The van der Waals surface area contributed by atoms with Gasteiger partial charge < -0.3 is 29.8 Å². The van der Waals surface area contributed by atoms with E-state index >= 15 is 0 Å². The number of amides is 2. The van der Waals surface area contributed by atoms with Crippen molar-refractivity contribution in [3.8, 4) is 11.5 Å². The van der Waals surface area contributed by atoms with Gasteiger partial charge in [0.05, 0.1) is 19.8 Å². The van der Waals surface area contributed by atoms with Crippen molar-refractivity contribution < 1.29 is 33.8 Å². The van der Waals surface area contributed by atoms with Crippen LogP contribution in [-0.4, -0.2) is 65.4 Å². The van der Waals surface area contributed by atoms with Gasteiger partial charge >= 0.3 is 5.97 Å². The SMILES string of the molecule is COc1ccc(NC(=O)[C@@H](C2CCCCC2)N(CC(=O)O)C(=O)C(=O)c2c[nH]c3cc(OC)ccc23)cc1. The number of rotatable bonds is 10. The topological polar surface area (TPSA) is 138 Å². The average Bonchev–Trinajstić information content (AvgIpc) is 3.36. The molecule has 2 aromatic carbocycles. The number of benzene rings is 2. The lowest BCUT2D eigenvalue weighted by molar-refractivity contribution is -0.147. The summed E-state index contributed by atoms with van der Waals surface area (Å²) in [6, 6.07) is 10.6. The van der Waals surface area contributed by atoms with Crippen LogP contribution in [0.2, 0.25) is 0 Å². The fourth-order valence-electron chi connectivity index (χ4n) is 5.06. The van der Waals surface area contributed by atoms with Gasteiger partial charge in [-0.05, 0) is 55.2 Å². The number of H-pyrrole nitrogens is 1. The fraction of sp³-hybridized carbons (Fsp3) is 0.357. The maximum absolute atomic E-state index is 13.6. The van der Waals surface area contributed by atoms with E-state index in [0.29, 0.717) is 40.9 Å². The molecule has 3 N–H and O–H groups in total. The molecule has 10 heteroatoms. The molecule has 4 rings (SSSR count). The molecule has 0 unspecified atom stereocenters. The van der Waals surface area contributed by atoms with Crippen molar-refractivity contribution in [2.24, 2.45) is 5.92 Å². The first-order valence-corrected chi connectivity index (χ1v) is 12.5. The minimum absolute atomic E-state index is 0.0981. The monoisotopic (exact) mass is 521 g/mol. The summed E-state index contributed by atoms with van der Waals surface area (Å²) < 4.78 is 10.4. The Morgan fingerprint density at radius 1 is 1.00 bits per heavy atom. The molecular weight excluding hydrogens is 490 g/mol. The number of hydrogen-bond acceptors (Lipinski definition) is 6. The number of nitrogens with one attached hydrogen (secondary N) is 2. The summed E-state index contributed by atoms with van der Waals surface area (Å²) in [5, 5.41) is 13.0. The van der Waals surface area contributed by atoms with Gasteiger partial charge in [-0.3, -0.25) is 19.2 Å².